The van der Waals surface area contributed by atoms with Gasteiger partial charge in [-0.3, -0.25) is 66.9 Å². The standard InChI is InChI=1S/C11H22O4.C10H14O3S.5C9H18O2.C8H17O6P.C6H12O2.5C5H11NO.C4H10O.Na/c1-5-11(2,3)10(12)15-9-8-14-7-6-13-4;1-3-8(2)9-4-6-10(7-5-9)14(11,12)13;1-6-7(2)8(10)11-9(3,4)5;4*1-5-8(4)9(10)11-6-7(2)3;1-4-8(2,3)7(9)13-5-6-14-15(10,11)12;1-4-6(2,3)5(7)8;5*1-3-4(2)5(6)7;1-3-4(2)5;/h5-9H2,1-4H3;4-8H,3H2,1-2H3,(H,11,12,13);7H,6H2,1-5H3;4*7-8H,5-6H2,1-4H3;4-6H2,1-3H3,(H2,10,11,12);4H2,1-3H3,(H,7,8);5*4H,3H2,1-2H3,(H2,6,7);4-5H,3H2,1-2H3;/q;;;;;;;;;;;;;;;+1/p-1. The first-order valence-corrected chi connectivity index (χ1v) is 55.4. The minimum Gasteiger partial charge on any atom is -0.744 e. The van der Waals surface area contributed by atoms with Crippen LogP contribution < -0.4 is 58.2 Å². The van der Waals surface area contributed by atoms with Gasteiger partial charge >= 0.3 is 85.1 Å². The summed E-state index contributed by atoms with van der Waals surface area (Å²) in [6.07, 6.45) is 12.3. The smallest absolute Gasteiger partial charge is 0.744 e. The second kappa shape index (κ2) is 105. The summed E-state index contributed by atoms with van der Waals surface area (Å²) in [6.45, 7) is 87.8. The molecule has 36 nitrogen and oxygen atoms in total. The number of aliphatic carboxylic acids is 1. The van der Waals surface area contributed by atoms with Crippen molar-refractivity contribution in [2.75, 3.05) is 73.2 Å². The van der Waals surface area contributed by atoms with Crippen molar-refractivity contribution in [3.05, 3.63) is 29.8 Å². The van der Waals surface area contributed by atoms with Gasteiger partial charge in [-0.1, -0.05) is 248 Å². The van der Waals surface area contributed by atoms with E-state index in [9.17, 15) is 79.9 Å². The van der Waals surface area contributed by atoms with Crippen LogP contribution in [0, 0.1) is 99.1 Å². The first kappa shape index (κ1) is 174. The number of phosphoric acid groups is 1. The quantitative estimate of drug-likeness (QED) is 0.00730. The molecule has 0 spiro atoms. The molecule has 148 heavy (non-hydrogen) atoms. The molecular weight excluding hydrogens is 1960 g/mol. The molecule has 12 atom stereocenters. The number of carboxylic acid groups (broad SMARTS) is 1. The zero-order valence-corrected chi connectivity index (χ0v) is 105. The molecule has 878 valence electrons. The van der Waals surface area contributed by atoms with E-state index < -0.39 is 46.1 Å². The number of carboxylic acids is 1. The molecule has 1 aromatic rings. The van der Waals surface area contributed by atoms with Gasteiger partial charge in [-0.25, -0.2) is 13.0 Å². The summed E-state index contributed by atoms with van der Waals surface area (Å²) >= 11 is 0. The first-order valence-electron chi connectivity index (χ1n) is 52.5. The molecule has 0 radical (unpaired) electrons. The summed E-state index contributed by atoms with van der Waals surface area (Å²) in [5.41, 5.74) is 23.7. The number of esters is 7. The maximum absolute atomic E-state index is 11.5. The van der Waals surface area contributed by atoms with Gasteiger partial charge < -0.3 is 95.9 Å². The number of phosphoric ester groups is 1. The molecule has 0 saturated carbocycles. The maximum Gasteiger partial charge on any atom is 1.00 e. The number of rotatable bonds is 48. The van der Waals surface area contributed by atoms with Crippen molar-refractivity contribution >= 4 is 95.2 Å². The van der Waals surface area contributed by atoms with E-state index >= 15 is 0 Å². The summed E-state index contributed by atoms with van der Waals surface area (Å²) in [5.74, 6) is -0.142. The van der Waals surface area contributed by atoms with Gasteiger partial charge in [0.1, 0.15) is 28.9 Å². The van der Waals surface area contributed by atoms with Crippen molar-refractivity contribution in [3.63, 3.8) is 0 Å². The SMILES string of the molecule is CCC(C)(C)C(=O)O.CCC(C)(C)C(=O)OCCOCCOC.CCC(C)(C)C(=O)OCCOP(=O)(O)O.CCC(C)C(=O)OC(C)(C)C.CCC(C)C(=O)OCC(C)C.CCC(C)C(=O)OCC(C)C.CCC(C)C(=O)OCC(C)C.CCC(C)C(=O)OCC(C)C.CCC(C)C(N)=O.CCC(C)C(N)=O.CCC(C)C(N)=O.CCC(C)C(N)=O.CCC(C)C(N)=O.CCC(C)O.CCC(C)c1ccc(S(=O)(=O)[O-])cc1.[Na+]. The Morgan fingerprint density at radius 3 is 0.723 bits per heavy atom. The number of aliphatic hydroxyl groups is 1. The zero-order chi connectivity index (χ0) is 119. The Morgan fingerprint density at radius 1 is 0.345 bits per heavy atom. The van der Waals surface area contributed by atoms with E-state index in [-0.39, 0.29) is 184 Å². The summed E-state index contributed by atoms with van der Waals surface area (Å²) in [6, 6.07) is 6.12. The minimum atomic E-state index is -4.46. The Kier molecular flexibility index (Phi) is 123. The van der Waals surface area contributed by atoms with Gasteiger partial charge in [0.15, 0.2) is 0 Å². The predicted octanol–water partition coefficient (Wildman–Crippen LogP) is 18.0. The summed E-state index contributed by atoms with van der Waals surface area (Å²) in [5, 5.41) is 16.8. The molecule has 12 unspecified atom stereocenters. The number of ether oxygens (including phenoxy) is 9. The fraction of sp³-hybridized carbons (Fsp3) is 0.826. The van der Waals surface area contributed by atoms with Crippen LogP contribution >= 0.6 is 7.82 Å². The molecule has 1 rings (SSSR count). The number of aliphatic hydroxyl groups excluding tert-OH is 1. The van der Waals surface area contributed by atoms with Gasteiger partial charge in [0.05, 0.1) is 110 Å². The monoisotopic (exact) mass is 2180 g/mol. The molecule has 14 N–H and O–H groups in total. The third-order valence-electron chi connectivity index (χ3n) is 22.0. The summed E-state index contributed by atoms with van der Waals surface area (Å²) in [7, 11) is -7.15. The average molecular weight is 2180 g/mol. The van der Waals surface area contributed by atoms with Crippen LogP contribution in [0.15, 0.2) is 29.2 Å². The van der Waals surface area contributed by atoms with Gasteiger partial charge in [-0.2, -0.15) is 0 Å². The third-order valence-corrected chi connectivity index (χ3v) is 23.3. The fourth-order valence-electron chi connectivity index (χ4n) is 6.56. The van der Waals surface area contributed by atoms with Crippen LogP contribution in [0.25, 0.3) is 0 Å². The van der Waals surface area contributed by atoms with Gasteiger partial charge in [-0.05, 0) is 213 Å². The second-order valence-corrected chi connectivity index (χ2v) is 43.2. The molecule has 0 saturated heterocycles. The van der Waals surface area contributed by atoms with Crippen molar-refractivity contribution in [2.45, 2.75) is 423 Å². The largest absolute Gasteiger partial charge is 1.00 e. The first-order chi connectivity index (χ1) is 67.0. The normalized spacial score (nSPS) is 13.0. The minimum absolute atomic E-state index is 0. The van der Waals surface area contributed by atoms with Gasteiger partial charge in [0.25, 0.3) is 0 Å². The predicted molar refractivity (Wildman–Crippen MR) is 587 cm³/mol. The Balaban J connectivity index is -0.0000000993. The third kappa shape index (κ3) is 126. The van der Waals surface area contributed by atoms with Crippen LogP contribution in [0.5, 0.6) is 0 Å². The van der Waals surface area contributed by atoms with Gasteiger partial charge in [0, 0.05) is 36.7 Å². The average Bonchev–Trinajstić information content (AvgIpc) is 0.845. The Labute approximate surface area is 920 Å². The van der Waals surface area contributed by atoms with Crippen LogP contribution in [0.4, 0.5) is 0 Å². The number of primary amides is 5. The van der Waals surface area contributed by atoms with Crippen LogP contribution in [-0.4, -0.2) is 195 Å². The van der Waals surface area contributed by atoms with E-state index in [4.69, 9.17) is 91.3 Å². The van der Waals surface area contributed by atoms with E-state index in [0.717, 1.165) is 89.0 Å². The van der Waals surface area contributed by atoms with Crippen molar-refractivity contribution in [2.24, 2.45) is 128 Å². The summed E-state index contributed by atoms with van der Waals surface area (Å²) < 4.78 is 91.3. The molecule has 0 heterocycles. The topological polar surface area (TPSA) is 599 Å². The van der Waals surface area contributed by atoms with E-state index in [1.807, 2.05) is 256 Å². The van der Waals surface area contributed by atoms with E-state index in [2.05, 4.69) is 18.4 Å². The van der Waals surface area contributed by atoms with Crippen LogP contribution in [0.3, 0.4) is 0 Å². The molecule has 1 aromatic carbocycles. The number of nitrogens with two attached hydrogens (primary N) is 5. The Bertz CT molecular complexity index is 3410. The van der Waals surface area contributed by atoms with Crippen LogP contribution in [-0.2, 0) is 124 Å². The van der Waals surface area contributed by atoms with E-state index in [1.165, 1.54) is 12.1 Å². The molecule has 0 bridgehead atoms. The molecule has 0 aliphatic rings. The zero-order valence-electron chi connectivity index (χ0n) is 101. The number of hydrogen-bond acceptors (Lipinski definition) is 28. The molecule has 0 aliphatic carbocycles. The van der Waals surface area contributed by atoms with Crippen molar-refractivity contribution < 1.29 is 177 Å². The number of amides is 5. The molecular formula is C109H219N5NaO31PS. The van der Waals surface area contributed by atoms with Crippen molar-refractivity contribution in [1.29, 1.82) is 0 Å². The molecule has 5 amide bonds. The number of carbonyl (C=O) groups is 13. The van der Waals surface area contributed by atoms with Gasteiger partial charge in [-0.15, -0.1) is 0 Å². The maximum atomic E-state index is 11.5. The van der Waals surface area contributed by atoms with Crippen LogP contribution in [0.1, 0.15) is 412 Å². The molecule has 39 heteroatoms. The van der Waals surface area contributed by atoms with E-state index in [0.29, 0.717) is 95.3 Å². The Hall–Kier alpha value is -6.77. The van der Waals surface area contributed by atoms with Crippen molar-refractivity contribution in [1.82, 2.24) is 0 Å². The second-order valence-electron chi connectivity index (χ2n) is 40.5. The Morgan fingerprint density at radius 2 is 0.568 bits per heavy atom. The van der Waals surface area contributed by atoms with E-state index in [1.54, 1.807) is 53.9 Å². The fourth-order valence-corrected chi connectivity index (χ4v) is 7.35. The molecule has 0 aromatic heterocycles. The van der Waals surface area contributed by atoms with Crippen LogP contribution in [0.2, 0.25) is 0 Å². The number of hydrogen-bond donors (Lipinski definition) is 9. The summed E-state index contributed by atoms with van der Waals surface area (Å²) in [4.78, 5) is 156. The number of benzene rings is 1. The van der Waals surface area contributed by atoms with Crippen molar-refractivity contribution in [3.8, 4) is 0 Å². The van der Waals surface area contributed by atoms with Gasteiger partial charge in [0.2, 0.25) is 29.5 Å². The number of methoxy groups -OCH3 is 1. The molecule has 0 aliphatic heterocycles. The molecule has 0 fully saturated rings. The number of carbonyl (C=O) groups excluding carboxylic acids is 12.